The number of hydrogen-bond acceptors (Lipinski definition) is 7. The molecule has 2 N–H and O–H groups in total. The molecule has 0 atom stereocenters. The standard InChI is InChI=1S/C23H17F3N6O3/c1-13-4-5-15(7-17(13)23(24,25)26)31-22(34)20-8-16(32-35-20)11-28-21(33)19-9-18(29-12-30-19)14-3-2-6-27-10-14/h2-10,12H,11H2,1H3,(H,28,33)(H,31,34). The van der Waals surface area contributed by atoms with Crippen LogP contribution in [0.2, 0.25) is 0 Å². The summed E-state index contributed by atoms with van der Waals surface area (Å²) in [6, 6.07) is 9.75. The molecular weight excluding hydrogens is 465 g/mol. The summed E-state index contributed by atoms with van der Waals surface area (Å²) in [5.41, 5.74) is 0.699. The van der Waals surface area contributed by atoms with Crippen LogP contribution in [0, 0.1) is 6.92 Å². The van der Waals surface area contributed by atoms with Gasteiger partial charge in [-0.05, 0) is 42.8 Å². The van der Waals surface area contributed by atoms with Crippen molar-refractivity contribution in [3.05, 3.63) is 89.5 Å². The van der Waals surface area contributed by atoms with Crippen molar-refractivity contribution in [1.29, 1.82) is 0 Å². The van der Waals surface area contributed by atoms with Crippen LogP contribution in [0.4, 0.5) is 18.9 Å². The SMILES string of the molecule is Cc1ccc(NC(=O)c2cc(CNC(=O)c3cc(-c4cccnc4)ncn3)no2)cc1C(F)(F)F. The number of benzene rings is 1. The molecule has 9 nitrogen and oxygen atoms in total. The van der Waals surface area contributed by atoms with Crippen LogP contribution < -0.4 is 10.6 Å². The summed E-state index contributed by atoms with van der Waals surface area (Å²) in [5.74, 6) is -1.53. The first-order chi connectivity index (χ1) is 16.7. The van der Waals surface area contributed by atoms with Gasteiger partial charge in [-0.3, -0.25) is 14.6 Å². The second kappa shape index (κ2) is 9.71. The summed E-state index contributed by atoms with van der Waals surface area (Å²) in [6.45, 7) is 1.25. The predicted octanol–water partition coefficient (Wildman–Crippen LogP) is 4.04. The lowest BCUT2D eigenvalue weighted by atomic mass is 10.1. The van der Waals surface area contributed by atoms with Crippen molar-refractivity contribution in [2.75, 3.05) is 5.32 Å². The number of pyridine rings is 1. The Balaban J connectivity index is 1.38. The second-order valence-corrected chi connectivity index (χ2v) is 7.38. The Labute approximate surface area is 196 Å². The summed E-state index contributed by atoms with van der Waals surface area (Å²) < 4.78 is 44.2. The van der Waals surface area contributed by atoms with Gasteiger partial charge in [-0.25, -0.2) is 9.97 Å². The monoisotopic (exact) mass is 482 g/mol. The third kappa shape index (κ3) is 5.66. The number of alkyl halides is 3. The number of amides is 2. The number of aryl methyl sites for hydroxylation is 1. The topological polar surface area (TPSA) is 123 Å². The first kappa shape index (κ1) is 23.5. The quantitative estimate of drug-likeness (QED) is 0.425. The molecule has 0 bridgehead atoms. The van der Waals surface area contributed by atoms with Crippen molar-refractivity contribution in [1.82, 2.24) is 25.4 Å². The number of rotatable bonds is 6. The van der Waals surface area contributed by atoms with E-state index >= 15 is 0 Å². The zero-order valence-corrected chi connectivity index (χ0v) is 18.1. The molecule has 0 spiro atoms. The number of anilines is 1. The third-order valence-corrected chi connectivity index (χ3v) is 4.87. The lowest BCUT2D eigenvalue weighted by Crippen LogP contribution is -2.24. The van der Waals surface area contributed by atoms with Gasteiger partial charge >= 0.3 is 6.18 Å². The molecule has 4 rings (SSSR count). The highest BCUT2D eigenvalue weighted by molar-refractivity contribution is 6.02. The fourth-order valence-corrected chi connectivity index (χ4v) is 3.12. The molecule has 35 heavy (non-hydrogen) atoms. The van der Waals surface area contributed by atoms with Crippen LogP contribution in [0.25, 0.3) is 11.3 Å². The molecule has 0 saturated carbocycles. The number of hydrogen-bond donors (Lipinski definition) is 2. The first-order valence-electron chi connectivity index (χ1n) is 10.2. The number of halogens is 3. The smallest absolute Gasteiger partial charge is 0.351 e. The van der Waals surface area contributed by atoms with Crippen molar-refractivity contribution in [2.24, 2.45) is 0 Å². The van der Waals surface area contributed by atoms with E-state index in [0.29, 0.717) is 11.3 Å². The molecule has 0 aliphatic heterocycles. The highest BCUT2D eigenvalue weighted by Crippen LogP contribution is 2.33. The van der Waals surface area contributed by atoms with Gasteiger partial charge in [0.25, 0.3) is 11.8 Å². The number of carbonyl (C=O) groups excluding carboxylic acids is 2. The predicted molar refractivity (Wildman–Crippen MR) is 117 cm³/mol. The van der Waals surface area contributed by atoms with Crippen LogP contribution in [-0.4, -0.2) is 31.9 Å². The molecule has 1 aromatic carbocycles. The van der Waals surface area contributed by atoms with Crippen molar-refractivity contribution < 1.29 is 27.3 Å². The van der Waals surface area contributed by atoms with Gasteiger partial charge in [-0.1, -0.05) is 11.2 Å². The Morgan fingerprint density at radius 2 is 1.89 bits per heavy atom. The van der Waals surface area contributed by atoms with Gasteiger partial charge in [0.15, 0.2) is 0 Å². The van der Waals surface area contributed by atoms with Crippen LogP contribution >= 0.6 is 0 Å². The van der Waals surface area contributed by atoms with Crippen molar-refractivity contribution in [2.45, 2.75) is 19.6 Å². The number of carbonyl (C=O) groups is 2. The van der Waals surface area contributed by atoms with Crippen molar-refractivity contribution in [3.8, 4) is 11.3 Å². The summed E-state index contributed by atoms with van der Waals surface area (Å²) in [4.78, 5) is 36.9. The van der Waals surface area contributed by atoms with Gasteiger partial charge in [0.05, 0.1) is 17.8 Å². The zero-order valence-electron chi connectivity index (χ0n) is 18.1. The van der Waals surface area contributed by atoms with Crippen molar-refractivity contribution >= 4 is 17.5 Å². The van der Waals surface area contributed by atoms with Crippen LogP contribution in [0.1, 0.15) is 37.9 Å². The highest BCUT2D eigenvalue weighted by Gasteiger charge is 2.32. The maximum absolute atomic E-state index is 13.1. The van der Waals surface area contributed by atoms with Crippen molar-refractivity contribution in [3.63, 3.8) is 0 Å². The lowest BCUT2D eigenvalue weighted by Gasteiger charge is -2.12. The number of nitrogens with one attached hydrogen (secondary N) is 2. The average Bonchev–Trinajstić information content (AvgIpc) is 3.33. The van der Waals surface area contributed by atoms with Gasteiger partial charge in [-0.15, -0.1) is 0 Å². The molecule has 0 aliphatic rings. The molecule has 0 radical (unpaired) electrons. The first-order valence-corrected chi connectivity index (χ1v) is 10.2. The molecule has 0 unspecified atom stereocenters. The van der Waals surface area contributed by atoms with E-state index in [1.54, 1.807) is 24.5 Å². The molecule has 0 aliphatic carbocycles. The molecule has 3 aromatic heterocycles. The summed E-state index contributed by atoms with van der Waals surface area (Å²) in [7, 11) is 0. The molecule has 0 fully saturated rings. The maximum Gasteiger partial charge on any atom is 0.416 e. The average molecular weight is 482 g/mol. The maximum atomic E-state index is 13.1. The molecule has 0 saturated heterocycles. The van der Waals surface area contributed by atoms with Crippen LogP contribution in [-0.2, 0) is 12.7 Å². The van der Waals surface area contributed by atoms with Crippen LogP contribution in [0.15, 0.2) is 65.7 Å². The van der Waals surface area contributed by atoms with E-state index in [1.807, 2.05) is 0 Å². The van der Waals surface area contributed by atoms with E-state index in [2.05, 4.69) is 30.7 Å². The molecule has 178 valence electrons. The Hall–Kier alpha value is -4.61. The minimum atomic E-state index is -4.55. The van der Waals surface area contributed by atoms with E-state index in [1.165, 1.54) is 37.5 Å². The zero-order chi connectivity index (χ0) is 25.0. The van der Waals surface area contributed by atoms with Gasteiger partial charge in [0, 0.05) is 29.7 Å². The largest absolute Gasteiger partial charge is 0.416 e. The summed E-state index contributed by atoms with van der Waals surface area (Å²) in [5, 5.41) is 8.65. The van der Waals surface area contributed by atoms with Crippen LogP contribution in [0.5, 0.6) is 0 Å². The van der Waals surface area contributed by atoms with E-state index in [0.717, 1.165) is 6.07 Å². The van der Waals surface area contributed by atoms with Crippen LogP contribution in [0.3, 0.4) is 0 Å². The van der Waals surface area contributed by atoms with E-state index in [-0.39, 0.29) is 34.9 Å². The molecule has 2 amide bonds. The number of nitrogens with zero attached hydrogens (tertiary/aromatic N) is 4. The summed E-state index contributed by atoms with van der Waals surface area (Å²) >= 11 is 0. The van der Waals surface area contributed by atoms with E-state index < -0.39 is 23.6 Å². The summed E-state index contributed by atoms with van der Waals surface area (Å²) in [6.07, 6.45) is -0.0757. The second-order valence-electron chi connectivity index (χ2n) is 7.38. The van der Waals surface area contributed by atoms with Gasteiger partial charge in [-0.2, -0.15) is 13.2 Å². The normalized spacial score (nSPS) is 11.2. The van der Waals surface area contributed by atoms with Gasteiger partial charge < -0.3 is 15.2 Å². The van der Waals surface area contributed by atoms with E-state index in [9.17, 15) is 22.8 Å². The Kier molecular flexibility index (Phi) is 6.53. The third-order valence-electron chi connectivity index (χ3n) is 4.87. The molecule has 3 heterocycles. The Morgan fingerprint density at radius 3 is 2.63 bits per heavy atom. The minimum absolute atomic E-state index is 0.0319. The highest BCUT2D eigenvalue weighted by atomic mass is 19.4. The Morgan fingerprint density at radius 1 is 1.06 bits per heavy atom. The van der Waals surface area contributed by atoms with Gasteiger partial charge in [0.2, 0.25) is 5.76 Å². The molecule has 12 heteroatoms. The lowest BCUT2D eigenvalue weighted by molar-refractivity contribution is -0.138. The molecular formula is C23H17F3N6O3. The van der Waals surface area contributed by atoms with Gasteiger partial charge in [0.1, 0.15) is 17.7 Å². The molecule has 4 aromatic rings. The van der Waals surface area contributed by atoms with E-state index in [4.69, 9.17) is 4.52 Å². The fraction of sp³-hybridized carbons (Fsp3) is 0.130. The minimum Gasteiger partial charge on any atom is -0.351 e. The Bertz CT molecular complexity index is 1370. The number of aromatic nitrogens is 4. The fourth-order valence-electron chi connectivity index (χ4n) is 3.12.